The van der Waals surface area contributed by atoms with Crippen molar-refractivity contribution in [3.63, 3.8) is 0 Å². The largest absolute Gasteiger partial charge is 0.412 e. The van der Waals surface area contributed by atoms with Gasteiger partial charge in [0.1, 0.15) is 0 Å². The molecule has 0 aliphatic carbocycles. The number of ether oxygens (including phenoxy) is 1. The van der Waals surface area contributed by atoms with Crippen LogP contribution in [0, 0.1) is 0 Å². The van der Waals surface area contributed by atoms with E-state index in [2.05, 4.69) is 38.1 Å². The number of benzene rings is 2. The molecular formula is C22H32O4. The summed E-state index contributed by atoms with van der Waals surface area (Å²) in [4.78, 5) is 20.5. The lowest BCUT2D eigenvalue weighted by atomic mass is 10.0. The van der Waals surface area contributed by atoms with E-state index in [9.17, 15) is 9.59 Å². The molecule has 0 spiro atoms. The Hall–Kier alpha value is -2.30. The zero-order valence-electron chi connectivity index (χ0n) is 16.7. The Labute approximate surface area is 157 Å². The number of aldehydes is 2. The summed E-state index contributed by atoms with van der Waals surface area (Å²) in [7, 11) is 0. The summed E-state index contributed by atoms with van der Waals surface area (Å²) in [6, 6.07) is 15.1. The summed E-state index contributed by atoms with van der Waals surface area (Å²) in [5.74, 6) is 0. The molecule has 0 aromatic heterocycles. The number of hydrogen-bond acceptors (Lipinski definition) is 3. The maximum Gasteiger partial charge on any atom is 0.150 e. The van der Waals surface area contributed by atoms with Crippen LogP contribution in [0.15, 0.2) is 48.5 Å². The minimum Gasteiger partial charge on any atom is -0.412 e. The van der Waals surface area contributed by atoms with Crippen molar-refractivity contribution in [2.75, 3.05) is 0 Å². The van der Waals surface area contributed by atoms with Gasteiger partial charge >= 0.3 is 0 Å². The Balaban J connectivity index is 0. The summed E-state index contributed by atoms with van der Waals surface area (Å²) in [5, 5.41) is 0. The maximum absolute atomic E-state index is 10.2. The Morgan fingerprint density at radius 2 is 1.00 bits per heavy atom. The molecule has 2 N–H and O–H groups in total. The number of fused-ring (bicyclic) bond motifs is 1. The van der Waals surface area contributed by atoms with Gasteiger partial charge in [-0.2, -0.15) is 0 Å². The summed E-state index contributed by atoms with van der Waals surface area (Å²) in [5.41, 5.74) is 3.58. The van der Waals surface area contributed by atoms with Crippen LogP contribution in [-0.2, 0) is 4.74 Å². The third-order valence-electron chi connectivity index (χ3n) is 3.53. The molecule has 4 heteroatoms. The van der Waals surface area contributed by atoms with Crippen LogP contribution in [0.1, 0.15) is 85.6 Å². The second kappa shape index (κ2) is 15.0. The van der Waals surface area contributed by atoms with E-state index in [1.807, 2.05) is 27.7 Å². The fourth-order valence-corrected chi connectivity index (χ4v) is 2.43. The van der Waals surface area contributed by atoms with Gasteiger partial charge in [0, 0.05) is 11.1 Å². The predicted octanol–water partition coefficient (Wildman–Crippen LogP) is 5.38. The standard InChI is InChI=1S/C10H12O.C8H6O2.2C2H6.H2O/c1-7-9-5-3-4-6-10(9)8(2)11-7;9-5-7-3-1-2-4-8(7)6-10;2*1-2;/h3-8H,1-2H3;1-6H;2*1-2H3;1H2. The summed E-state index contributed by atoms with van der Waals surface area (Å²) in [6.45, 7) is 12.2. The molecule has 3 rings (SSSR count). The lowest BCUT2D eigenvalue weighted by molar-refractivity contribution is 0.0332. The molecule has 0 saturated carbocycles. The highest BCUT2D eigenvalue weighted by Crippen LogP contribution is 2.37. The van der Waals surface area contributed by atoms with Gasteiger partial charge in [-0.1, -0.05) is 76.2 Å². The molecule has 1 aliphatic rings. The number of carbonyl (C=O) groups excluding carboxylic acids is 2. The minimum atomic E-state index is 0. The fourth-order valence-electron chi connectivity index (χ4n) is 2.43. The lowest BCUT2D eigenvalue weighted by Crippen LogP contribution is -1.88. The normalized spacial score (nSPS) is 15.9. The summed E-state index contributed by atoms with van der Waals surface area (Å²) < 4.78 is 5.63. The minimum absolute atomic E-state index is 0. The number of carbonyl (C=O) groups is 2. The molecule has 0 radical (unpaired) electrons. The molecule has 144 valence electrons. The Morgan fingerprint density at radius 1 is 0.692 bits per heavy atom. The molecule has 0 fully saturated rings. The van der Waals surface area contributed by atoms with Gasteiger partial charge < -0.3 is 10.2 Å². The average Bonchev–Trinajstić information content (AvgIpc) is 2.99. The first-order chi connectivity index (χ1) is 12.2. The molecule has 2 atom stereocenters. The highest BCUT2D eigenvalue weighted by atomic mass is 16.5. The van der Waals surface area contributed by atoms with Crippen LogP contribution in [0.3, 0.4) is 0 Å². The van der Waals surface area contributed by atoms with E-state index in [1.54, 1.807) is 24.3 Å². The number of rotatable bonds is 2. The first-order valence-electron chi connectivity index (χ1n) is 8.91. The van der Waals surface area contributed by atoms with Gasteiger partial charge in [-0.05, 0) is 25.0 Å². The third-order valence-corrected chi connectivity index (χ3v) is 3.53. The van der Waals surface area contributed by atoms with E-state index in [0.29, 0.717) is 23.7 Å². The average molecular weight is 360 g/mol. The fraction of sp³-hybridized carbons (Fsp3) is 0.364. The van der Waals surface area contributed by atoms with Crippen molar-refractivity contribution in [2.24, 2.45) is 0 Å². The van der Waals surface area contributed by atoms with Crippen LogP contribution in [0.25, 0.3) is 0 Å². The molecule has 0 bridgehead atoms. The highest BCUT2D eigenvalue weighted by molar-refractivity contribution is 5.89. The quantitative estimate of drug-likeness (QED) is 0.675. The van der Waals surface area contributed by atoms with Crippen molar-refractivity contribution >= 4 is 12.6 Å². The van der Waals surface area contributed by atoms with E-state index >= 15 is 0 Å². The molecule has 4 nitrogen and oxygen atoms in total. The van der Waals surface area contributed by atoms with E-state index in [4.69, 9.17) is 4.74 Å². The van der Waals surface area contributed by atoms with Crippen LogP contribution in [0.5, 0.6) is 0 Å². The van der Waals surface area contributed by atoms with Crippen molar-refractivity contribution in [1.29, 1.82) is 0 Å². The molecular weight excluding hydrogens is 328 g/mol. The second-order valence-electron chi connectivity index (χ2n) is 4.91. The van der Waals surface area contributed by atoms with Crippen molar-refractivity contribution in [3.8, 4) is 0 Å². The van der Waals surface area contributed by atoms with Gasteiger partial charge in [0.25, 0.3) is 0 Å². The van der Waals surface area contributed by atoms with Crippen molar-refractivity contribution < 1.29 is 19.8 Å². The first kappa shape index (κ1) is 25.9. The van der Waals surface area contributed by atoms with Gasteiger partial charge in [0.2, 0.25) is 0 Å². The van der Waals surface area contributed by atoms with Gasteiger partial charge in [-0.3, -0.25) is 9.59 Å². The van der Waals surface area contributed by atoms with Crippen LogP contribution in [-0.4, -0.2) is 18.0 Å². The van der Waals surface area contributed by atoms with E-state index in [1.165, 1.54) is 11.1 Å². The van der Waals surface area contributed by atoms with Gasteiger partial charge in [-0.15, -0.1) is 0 Å². The third kappa shape index (κ3) is 7.30. The first-order valence-corrected chi connectivity index (χ1v) is 8.91. The summed E-state index contributed by atoms with van der Waals surface area (Å²) in [6.07, 6.45) is 1.90. The number of hydrogen-bond donors (Lipinski definition) is 0. The lowest BCUT2D eigenvalue weighted by Gasteiger charge is -2.03. The monoisotopic (exact) mass is 360 g/mol. The smallest absolute Gasteiger partial charge is 0.150 e. The SMILES string of the molecule is CC.CC.CC1OC(C)c2ccccc21.O.O=Cc1ccccc1C=O. The molecule has 1 aliphatic heterocycles. The van der Waals surface area contributed by atoms with Crippen molar-refractivity contribution in [3.05, 3.63) is 70.8 Å². The molecule has 0 saturated heterocycles. The molecule has 2 aromatic carbocycles. The summed E-state index contributed by atoms with van der Waals surface area (Å²) >= 11 is 0. The molecule has 0 amide bonds. The van der Waals surface area contributed by atoms with Gasteiger partial charge in [0.15, 0.2) is 12.6 Å². The Bertz CT molecular complexity index is 584. The Kier molecular flexibility index (Phi) is 15.0. The van der Waals surface area contributed by atoms with Crippen LogP contribution in [0.4, 0.5) is 0 Å². The van der Waals surface area contributed by atoms with E-state index in [-0.39, 0.29) is 17.7 Å². The van der Waals surface area contributed by atoms with E-state index in [0.717, 1.165) is 0 Å². The zero-order chi connectivity index (χ0) is 19.2. The van der Waals surface area contributed by atoms with Gasteiger partial charge in [-0.25, -0.2) is 0 Å². The van der Waals surface area contributed by atoms with Crippen LogP contribution >= 0.6 is 0 Å². The topological polar surface area (TPSA) is 74.9 Å². The molecule has 2 aromatic rings. The highest BCUT2D eigenvalue weighted by Gasteiger charge is 2.24. The zero-order valence-corrected chi connectivity index (χ0v) is 16.7. The van der Waals surface area contributed by atoms with Gasteiger partial charge in [0.05, 0.1) is 12.2 Å². The van der Waals surface area contributed by atoms with Crippen molar-refractivity contribution in [2.45, 2.75) is 53.8 Å². The van der Waals surface area contributed by atoms with Crippen molar-refractivity contribution in [1.82, 2.24) is 0 Å². The Morgan fingerprint density at radius 3 is 1.31 bits per heavy atom. The van der Waals surface area contributed by atoms with Crippen LogP contribution in [0.2, 0.25) is 0 Å². The predicted molar refractivity (Wildman–Crippen MR) is 108 cm³/mol. The molecule has 2 unspecified atom stereocenters. The van der Waals surface area contributed by atoms with Crippen LogP contribution < -0.4 is 0 Å². The molecule has 26 heavy (non-hydrogen) atoms. The van der Waals surface area contributed by atoms with E-state index < -0.39 is 0 Å². The second-order valence-corrected chi connectivity index (χ2v) is 4.91. The maximum atomic E-state index is 10.2. The molecule has 1 heterocycles.